The molecule has 1 N–H and O–H groups in total. The molecule has 4 aromatic rings. The van der Waals surface area contributed by atoms with E-state index in [1.54, 1.807) is 12.5 Å². The molecule has 0 unspecified atom stereocenters. The van der Waals surface area contributed by atoms with Gasteiger partial charge in [0.15, 0.2) is 0 Å². The first-order chi connectivity index (χ1) is 12.7. The number of aromatic nitrogens is 6. The van der Waals surface area contributed by atoms with Gasteiger partial charge in [0.25, 0.3) is 5.56 Å². The number of nitrogens with one attached hydrogen (secondary N) is 1. The van der Waals surface area contributed by atoms with Crippen molar-refractivity contribution in [2.75, 3.05) is 0 Å². The van der Waals surface area contributed by atoms with Crippen molar-refractivity contribution in [2.45, 2.75) is 33.4 Å². The van der Waals surface area contributed by atoms with E-state index >= 15 is 0 Å². The Kier molecular flexibility index (Phi) is 4.12. The van der Waals surface area contributed by atoms with Gasteiger partial charge in [-0.05, 0) is 37.4 Å². The van der Waals surface area contributed by atoms with Crippen LogP contribution < -0.4 is 5.56 Å². The zero-order valence-electron chi connectivity index (χ0n) is 14.8. The zero-order chi connectivity index (χ0) is 18.1. The van der Waals surface area contributed by atoms with Gasteiger partial charge in [-0.3, -0.25) is 4.79 Å². The Morgan fingerprint density at radius 3 is 2.92 bits per heavy atom. The highest BCUT2D eigenvalue weighted by atomic mass is 16.1. The lowest BCUT2D eigenvalue weighted by Crippen LogP contribution is -2.13. The van der Waals surface area contributed by atoms with Gasteiger partial charge in [0.05, 0.1) is 5.56 Å². The summed E-state index contributed by atoms with van der Waals surface area (Å²) in [5.41, 5.74) is 2.42. The minimum Gasteiger partial charge on any atom is -0.330 e. The molecule has 0 spiro atoms. The molecule has 3 heterocycles. The van der Waals surface area contributed by atoms with Gasteiger partial charge in [0, 0.05) is 37.4 Å². The molecule has 0 atom stereocenters. The number of aryl methyl sites for hydroxylation is 4. The number of rotatable bonds is 5. The van der Waals surface area contributed by atoms with Gasteiger partial charge in [-0.2, -0.15) is 0 Å². The van der Waals surface area contributed by atoms with Crippen molar-refractivity contribution in [3.8, 4) is 11.4 Å². The summed E-state index contributed by atoms with van der Waals surface area (Å²) in [6, 6.07) is 7.89. The molecule has 3 aromatic heterocycles. The fourth-order valence-corrected chi connectivity index (χ4v) is 3.18. The molecule has 0 radical (unpaired) electrons. The van der Waals surface area contributed by atoms with Crippen molar-refractivity contribution in [2.24, 2.45) is 0 Å². The highest BCUT2D eigenvalue weighted by molar-refractivity contribution is 5.83. The number of imidazole rings is 1. The summed E-state index contributed by atoms with van der Waals surface area (Å²) in [5, 5.41) is 9.13. The summed E-state index contributed by atoms with van der Waals surface area (Å²) in [6.45, 7) is 5.61. The maximum Gasteiger partial charge on any atom is 0.259 e. The summed E-state index contributed by atoms with van der Waals surface area (Å²) < 4.78 is 4.00. The Morgan fingerprint density at radius 2 is 2.08 bits per heavy atom. The maximum atomic E-state index is 12.6. The van der Waals surface area contributed by atoms with E-state index < -0.39 is 0 Å². The first kappa shape index (κ1) is 16.3. The number of benzene rings is 1. The molecule has 0 saturated carbocycles. The van der Waals surface area contributed by atoms with E-state index in [9.17, 15) is 4.79 Å². The quantitative estimate of drug-likeness (QED) is 0.601. The molecule has 0 bridgehead atoms. The van der Waals surface area contributed by atoms with Crippen molar-refractivity contribution >= 4 is 10.9 Å². The SMILES string of the molecule is CCn1cnnc1CCn1ccnc1-c1cc2cc(C)ccc2[nH]c1=O. The Balaban J connectivity index is 1.69. The second kappa shape index (κ2) is 6.59. The molecule has 0 aliphatic rings. The number of hydrogen-bond acceptors (Lipinski definition) is 4. The average molecular weight is 348 g/mol. The first-order valence-corrected chi connectivity index (χ1v) is 8.67. The highest BCUT2D eigenvalue weighted by Gasteiger charge is 2.13. The van der Waals surface area contributed by atoms with Crippen LogP contribution in [0, 0.1) is 6.92 Å². The van der Waals surface area contributed by atoms with Crippen LogP contribution in [-0.4, -0.2) is 29.3 Å². The molecule has 0 fully saturated rings. The number of hydrogen-bond donors (Lipinski definition) is 1. The van der Waals surface area contributed by atoms with E-state index in [1.165, 1.54) is 0 Å². The molecule has 7 nitrogen and oxygen atoms in total. The highest BCUT2D eigenvalue weighted by Crippen LogP contribution is 2.19. The minimum atomic E-state index is -0.134. The summed E-state index contributed by atoms with van der Waals surface area (Å²) in [6.07, 6.45) is 6.07. The van der Waals surface area contributed by atoms with E-state index in [1.807, 2.05) is 40.5 Å². The number of aromatic amines is 1. The molecule has 0 amide bonds. The Labute approximate surface area is 150 Å². The standard InChI is InChI=1S/C19H20N6O/c1-3-24-12-21-23-17(24)6-8-25-9-7-20-18(25)15-11-14-10-13(2)4-5-16(14)22-19(15)26/h4-5,7,9-12H,3,6,8H2,1-2H3,(H,22,26). The predicted octanol–water partition coefficient (Wildman–Crippen LogP) is 2.55. The van der Waals surface area contributed by atoms with Gasteiger partial charge in [-0.25, -0.2) is 4.98 Å². The maximum absolute atomic E-state index is 12.6. The molecule has 132 valence electrons. The largest absolute Gasteiger partial charge is 0.330 e. The van der Waals surface area contributed by atoms with E-state index in [4.69, 9.17) is 0 Å². The minimum absolute atomic E-state index is 0.134. The molecular formula is C19H20N6O. The van der Waals surface area contributed by atoms with Crippen molar-refractivity contribution in [1.82, 2.24) is 29.3 Å². The second-order valence-electron chi connectivity index (χ2n) is 6.33. The van der Waals surface area contributed by atoms with Crippen LogP contribution in [0.2, 0.25) is 0 Å². The lowest BCUT2D eigenvalue weighted by molar-refractivity contribution is 0.627. The van der Waals surface area contributed by atoms with Gasteiger partial charge in [-0.1, -0.05) is 11.6 Å². The van der Waals surface area contributed by atoms with Crippen LogP contribution in [0.15, 0.2) is 47.8 Å². The van der Waals surface area contributed by atoms with Crippen molar-refractivity contribution in [3.63, 3.8) is 0 Å². The van der Waals surface area contributed by atoms with Crippen molar-refractivity contribution < 1.29 is 0 Å². The van der Waals surface area contributed by atoms with Crippen molar-refractivity contribution in [3.05, 3.63) is 64.7 Å². The Hall–Kier alpha value is -3.22. The molecule has 0 aliphatic heterocycles. The fraction of sp³-hybridized carbons (Fsp3) is 0.263. The van der Waals surface area contributed by atoms with Gasteiger partial charge >= 0.3 is 0 Å². The molecular weight excluding hydrogens is 328 g/mol. The van der Waals surface area contributed by atoms with Gasteiger partial charge < -0.3 is 14.1 Å². The number of nitrogens with zero attached hydrogens (tertiary/aromatic N) is 5. The average Bonchev–Trinajstić information content (AvgIpc) is 3.28. The second-order valence-corrected chi connectivity index (χ2v) is 6.33. The number of pyridine rings is 1. The lowest BCUT2D eigenvalue weighted by atomic mass is 10.1. The topological polar surface area (TPSA) is 81.4 Å². The Morgan fingerprint density at radius 1 is 1.19 bits per heavy atom. The van der Waals surface area contributed by atoms with E-state index in [2.05, 4.69) is 33.2 Å². The number of fused-ring (bicyclic) bond motifs is 1. The number of H-pyrrole nitrogens is 1. The van der Waals surface area contributed by atoms with Gasteiger partial charge in [-0.15, -0.1) is 10.2 Å². The molecule has 1 aromatic carbocycles. The molecule has 0 saturated heterocycles. The molecule has 7 heteroatoms. The fourth-order valence-electron chi connectivity index (χ4n) is 3.18. The first-order valence-electron chi connectivity index (χ1n) is 8.67. The lowest BCUT2D eigenvalue weighted by Gasteiger charge is -2.09. The van der Waals surface area contributed by atoms with Gasteiger partial charge in [0.2, 0.25) is 0 Å². The predicted molar refractivity (Wildman–Crippen MR) is 99.9 cm³/mol. The van der Waals surface area contributed by atoms with E-state index in [0.717, 1.165) is 35.3 Å². The van der Waals surface area contributed by atoms with E-state index in [0.29, 0.717) is 17.9 Å². The van der Waals surface area contributed by atoms with Crippen LogP contribution in [-0.2, 0) is 19.5 Å². The van der Waals surface area contributed by atoms with Crippen molar-refractivity contribution in [1.29, 1.82) is 0 Å². The van der Waals surface area contributed by atoms with E-state index in [-0.39, 0.29) is 5.56 Å². The van der Waals surface area contributed by atoms with Crippen LogP contribution in [0.3, 0.4) is 0 Å². The third kappa shape index (κ3) is 2.92. The molecule has 4 rings (SSSR count). The monoisotopic (exact) mass is 348 g/mol. The summed E-state index contributed by atoms with van der Waals surface area (Å²) in [7, 11) is 0. The van der Waals surface area contributed by atoms with Crippen LogP contribution in [0.25, 0.3) is 22.3 Å². The van der Waals surface area contributed by atoms with Crippen LogP contribution in [0.1, 0.15) is 18.3 Å². The van der Waals surface area contributed by atoms with Gasteiger partial charge in [0.1, 0.15) is 18.0 Å². The molecule has 26 heavy (non-hydrogen) atoms. The third-order valence-corrected chi connectivity index (χ3v) is 4.57. The third-order valence-electron chi connectivity index (χ3n) is 4.57. The summed E-state index contributed by atoms with van der Waals surface area (Å²) in [5.74, 6) is 1.59. The van der Waals surface area contributed by atoms with Crippen LogP contribution in [0.4, 0.5) is 0 Å². The normalized spacial score (nSPS) is 11.3. The van der Waals surface area contributed by atoms with Crippen LogP contribution in [0.5, 0.6) is 0 Å². The smallest absolute Gasteiger partial charge is 0.259 e. The van der Waals surface area contributed by atoms with Crippen LogP contribution >= 0.6 is 0 Å². The zero-order valence-corrected chi connectivity index (χ0v) is 14.8. The molecule has 0 aliphatic carbocycles. The summed E-state index contributed by atoms with van der Waals surface area (Å²) in [4.78, 5) is 19.9. The summed E-state index contributed by atoms with van der Waals surface area (Å²) >= 11 is 0. The Bertz CT molecular complexity index is 1120.